The molecule has 0 fully saturated rings. The number of rotatable bonds is 6. The SMILES string of the molecule is Clc1cc(OCCOCc2ccccc2)ccn1. The molecule has 0 bridgehead atoms. The van der Waals surface area contributed by atoms with Gasteiger partial charge >= 0.3 is 0 Å². The van der Waals surface area contributed by atoms with Crippen LogP contribution in [0.1, 0.15) is 5.56 Å². The first-order chi connectivity index (χ1) is 8.84. The third-order valence-corrected chi connectivity index (χ3v) is 2.51. The number of hydrogen-bond donors (Lipinski definition) is 0. The summed E-state index contributed by atoms with van der Waals surface area (Å²) in [6.07, 6.45) is 1.61. The van der Waals surface area contributed by atoms with Gasteiger partial charge < -0.3 is 9.47 Å². The Balaban J connectivity index is 1.65. The van der Waals surface area contributed by atoms with Gasteiger partial charge in [-0.2, -0.15) is 0 Å². The molecule has 2 rings (SSSR count). The first-order valence-corrected chi connectivity index (χ1v) is 6.08. The molecule has 1 heterocycles. The first kappa shape index (κ1) is 12.9. The van der Waals surface area contributed by atoms with Crippen molar-refractivity contribution in [3.8, 4) is 5.75 Å². The van der Waals surface area contributed by atoms with Crippen molar-refractivity contribution in [3.05, 3.63) is 59.4 Å². The molecule has 0 aliphatic heterocycles. The van der Waals surface area contributed by atoms with Gasteiger partial charge in [-0.05, 0) is 11.6 Å². The van der Waals surface area contributed by atoms with E-state index < -0.39 is 0 Å². The molecule has 0 N–H and O–H groups in total. The van der Waals surface area contributed by atoms with Crippen molar-refractivity contribution in [2.75, 3.05) is 13.2 Å². The van der Waals surface area contributed by atoms with Crippen molar-refractivity contribution < 1.29 is 9.47 Å². The summed E-state index contributed by atoms with van der Waals surface area (Å²) < 4.78 is 11.0. The Bertz CT molecular complexity index is 476. The molecule has 2 aromatic rings. The fourth-order valence-electron chi connectivity index (χ4n) is 1.46. The molecular formula is C14H14ClNO2. The summed E-state index contributed by atoms with van der Waals surface area (Å²) in [5.41, 5.74) is 1.16. The van der Waals surface area contributed by atoms with Crippen LogP contribution in [0.2, 0.25) is 5.15 Å². The van der Waals surface area contributed by atoms with E-state index in [1.165, 1.54) is 0 Å². The zero-order valence-electron chi connectivity index (χ0n) is 9.88. The molecule has 0 radical (unpaired) electrons. The summed E-state index contributed by atoms with van der Waals surface area (Å²) in [6.45, 7) is 1.63. The molecule has 94 valence electrons. The molecule has 1 aromatic heterocycles. The Morgan fingerprint density at radius 1 is 1.06 bits per heavy atom. The minimum Gasteiger partial charge on any atom is -0.491 e. The molecule has 0 unspecified atom stereocenters. The summed E-state index contributed by atoms with van der Waals surface area (Å²) >= 11 is 5.74. The normalized spacial score (nSPS) is 10.3. The maximum absolute atomic E-state index is 5.74. The van der Waals surface area contributed by atoms with Crippen LogP contribution in [0.5, 0.6) is 5.75 Å². The van der Waals surface area contributed by atoms with E-state index in [1.807, 2.05) is 30.3 Å². The number of hydrogen-bond acceptors (Lipinski definition) is 3. The smallest absolute Gasteiger partial charge is 0.132 e. The van der Waals surface area contributed by atoms with E-state index in [0.717, 1.165) is 5.56 Å². The van der Waals surface area contributed by atoms with Crippen molar-refractivity contribution in [1.82, 2.24) is 4.98 Å². The van der Waals surface area contributed by atoms with Gasteiger partial charge in [-0.3, -0.25) is 0 Å². The zero-order chi connectivity index (χ0) is 12.6. The van der Waals surface area contributed by atoms with Gasteiger partial charge in [-0.25, -0.2) is 4.98 Å². The molecular weight excluding hydrogens is 250 g/mol. The Morgan fingerprint density at radius 2 is 1.89 bits per heavy atom. The van der Waals surface area contributed by atoms with Crippen LogP contribution < -0.4 is 4.74 Å². The van der Waals surface area contributed by atoms with E-state index in [0.29, 0.717) is 30.7 Å². The average Bonchev–Trinajstić information content (AvgIpc) is 2.40. The van der Waals surface area contributed by atoms with Crippen LogP contribution in [0.15, 0.2) is 48.7 Å². The number of ether oxygens (including phenoxy) is 2. The molecule has 0 aliphatic rings. The van der Waals surface area contributed by atoms with Crippen LogP contribution in [0.4, 0.5) is 0 Å². The molecule has 0 atom stereocenters. The van der Waals surface area contributed by atoms with Gasteiger partial charge in [-0.15, -0.1) is 0 Å². The lowest BCUT2D eigenvalue weighted by atomic mass is 10.2. The van der Waals surface area contributed by atoms with Crippen molar-refractivity contribution in [2.24, 2.45) is 0 Å². The van der Waals surface area contributed by atoms with E-state index in [-0.39, 0.29) is 0 Å². The molecule has 0 amide bonds. The lowest BCUT2D eigenvalue weighted by molar-refractivity contribution is 0.0889. The second kappa shape index (κ2) is 6.99. The number of pyridine rings is 1. The zero-order valence-corrected chi connectivity index (χ0v) is 10.6. The Hall–Kier alpha value is -1.58. The van der Waals surface area contributed by atoms with E-state index in [2.05, 4.69) is 4.98 Å². The van der Waals surface area contributed by atoms with E-state index in [1.54, 1.807) is 18.3 Å². The van der Waals surface area contributed by atoms with Crippen molar-refractivity contribution >= 4 is 11.6 Å². The van der Waals surface area contributed by atoms with Gasteiger partial charge in [0, 0.05) is 12.3 Å². The topological polar surface area (TPSA) is 31.4 Å². The Labute approximate surface area is 111 Å². The second-order valence-electron chi connectivity index (χ2n) is 3.70. The minimum atomic E-state index is 0.428. The summed E-state index contributed by atoms with van der Waals surface area (Å²) in [5.74, 6) is 0.707. The third-order valence-electron chi connectivity index (χ3n) is 2.31. The van der Waals surface area contributed by atoms with Gasteiger partial charge in [0.15, 0.2) is 0 Å². The molecule has 4 heteroatoms. The largest absolute Gasteiger partial charge is 0.491 e. The summed E-state index contributed by atoms with van der Waals surface area (Å²) in [4.78, 5) is 3.88. The predicted molar refractivity (Wildman–Crippen MR) is 70.8 cm³/mol. The lowest BCUT2D eigenvalue weighted by Crippen LogP contribution is -2.06. The quantitative estimate of drug-likeness (QED) is 0.592. The fraction of sp³-hybridized carbons (Fsp3) is 0.214. The molecule has 0 saturated heterocycles. The highest BCUT2D eigenvalue weighted by atomic mass is 35.5. The minimum absolute atomic E-state index is 0.428. The summed E-state index contributed by atoms with van der Waals surface area (Å²) in [6, 6.07) is 13.5. The monoisotopic (exact) mass is 263 g/mol. The van der Waals surface area contributed by atoms with Crippen LogP contribution in [0, 0.1) is 0 Å². The van der Waals surface area contributed by atoms with Crippen molar-refractivity contribution in [1.29, 1.82) is 0 Å². The number of halogens is 1. The van der Waals surface area contributed by atoms with Gasteiger partial charge in [0.05, 0.1) is 13.2 Å². The Morgan fingerprint density at radius 3 is 2.67 bits per heavy atom. The number of nitrogens with zero attached hydrogens (tertiary/aromatic N) is 1. The summed E-state index contributed by atoms with van der Waals surface area (Å²) in [7, 11) is 0. The van der Waals surface area contributed by atoms with Gasteiger partial charge in [0.1, 0.15) is 17.5 Å². The molecule has 1 aromatic carbocycles. The second-order valence-corrected chi connectivity index (χ2v) is 4.09. The van der Waals surface area contributed by atoms with E-state index in [9.17, 15) is 0 Å². The highest BCUT2D eigenvalue weighted by molar-refractivity contribution is 6.29. The van der Waals surface area contributed by atoms with Crippen molar-refractivity contribution in [2.45, 2.75) is 6.61 Å². The third kappa shape index (κ3) is 4.35. The molecule has 3 nitrogen and oxygen atoms in total. The van der Waals surface area contributed by atoms with Crippen LogP contribution in [-0.2, 0) is 11.3 Å². The predicted octanol–water partition coefficient (Wildman–Crippen LogP) is 3.33. The maximum atomic E-state index is 5.74. The highest BCUT2D eigenvalue weighted by Crippen LogP contribution is 2.14. The van der Waals surface area contributed by atoms with Crippen LogP contribution >= 0.6 is 11.6 Å². The van der Waals surface area contributed by atoms with Crippen LogP contribution in [-0.4, -0.2) is 18.2 Å². The van der Waals surface area contributed by atoms with E-state index >= 15 is 0 Å². The fourth-order valence-corrected chi connectivity index (χ4v) is 1.62. The van der Waals surface area contributed by atoms with Crippen LogP contribution in [0.25, 0.3) is 0 Å². The molecule has 0 spiro atoms. The molecule has 0 aliphatic carbocycles. The van der Waals surface area contributed by atoms with Gasteiger partial charge in [-0.1, -0.05) is 41.9 Å². The van der Waals surface area contributed by atoms with Crippen LogP contribution in [0.3, 0.4) is 0 Å². The highest BCUT2D eigenvalue weighted by Gasteiger charge is 1.96. The number of aromatic nitrogens is 1. The standard InChI is InChI=1S/C14H14ClNO2/c15-14-10-13(6-7-16-14)18-9-8-17-11-12-4-2-1-3-5-12/h1-7,10H,8-9,11H2. The maximum Gasteiger partial charge on any atom is 0.132 e. The summed E-state index contributed by atoms with van der Waals surface area (Å²) in [5, 5.41) is 0.428. The number of benzene rings is 1. The molecule has 18 heavy (non-hydrogen) atoms. The van der Waals surface area contributed by atoms with Crippen molar-refractivity contribution in [3.63, 3.8) is 0 Å². The molecule has 0 saturated carbocycles. The van der Waals surface area contributed by atoms with Gasteiger partial charge in [0.2, 0.25) is 0 Å². The average molecular weight is 264 g/mol. The van der Waals surface area contributed by atoms with E-state index in [4.69, 9.17) is 21.1 Å². The lowest BCUT2D eigenvalue weighted by Gasteiger charge is -2.07. The van der Waals surface area contributed by atoms with Gasteiger partial charge in [0.25, 0.3) is 0 Å². The first-order valence-electron chi connectivity index (χ1n) is 5.70. The Kier molecular flexibility index (Phi) is 5.00.